The van der Waals surface area contributed by atoms with Gasteiger partial charge in [-0.25, -0.2) is 0 Å². The van der Waals surface area contributed by atoms with Gasteiger partial charge in [0, 0.05) is 12.0 Å². The van der Waals surface area contributed by atoms with Gasteiger partial charge in [-0.15, -0.1) is 0 Å². The number of ketones is 1. The fourth-order valence-electron chi connectivity index (χ4n) is 1.24. The summed E-state index contributed by atoms with van der Waals surface area (Å²) in [6.07, 6.45) is 0.972. The standard InChI is InChI=1S/C8H12O2/c1-5-4-8(6(2)9)7(3)10-5/h5H,4H2,1-3H3. The van der Waals surface area contributed by atoms with Crippen LogP contribution in [0.4, 0.5) is 0 Å². The van der Waals surface area contributed by atoms with Crippen molar-refractivity contribution in [2.24, 2.45) is 0 Å². The summed E-state index contributed by atoms with van der Waals surface area (Å²) in [5.41, 5.74) is 0.854. The number of carbonyl (C=O) groups excluding carboxylic acids is 1. The van der Waals surface area contributed by atoms with Crippen LogP contribution in [-0.2, 0) is 9.53 Å². The van der Waals surface area contributed by atoms with Crippen LogP contribution in [-0.4, -0.2) is 11.9 Å². The van der Waals surface area contributed by atoms with E-state index < -0.39 is 0 Å². The Morgan fingerprint density at radius 1 is 1.70 bits per heavy atom. The van der Waals surface area contributed by atoms with E-state index in [0.717, 1.165) is 17.8 Å². The molecule has 0 N–H and O–H groups in total. The molecule has 0 amide bonds. The molecule has 0 bridgehead atoms. The highest BCUT2D eigenvalue weighted by Crippen LogP contribution is 2.24. The number of ether oxygens (including phenoxy) is 1. The second kappa shape index (κ2) is 2.45. The molecular formula is C8H12O2. The minimum absolute atomic E-state index is 0.141. The molecule has 2 heteroatoms. The summed E-state index contributed by atoms with van der Waals surface area (Å²) in [5.74, 6) is 0.946. The molecule has 0 fully saturated rings. The molecule has 0 spiro atoms. The van der Waals surface area contributed by atoms with E-state index in [2.05, 4.69) is 0 Å². The van der Waals surface area contributed by atoms with Gasteiger partial charge < -0.3 is 4.74 Å². The van der Waals surface area contributed by atoms with Crippen molar-refractivity contribution in [1.82, 2.24) is 0 Å². The molecule has 0 aromatic carbocycles. The Bertz CT molecular complexity index is 191. The van der Waals surface area contributed by atoms with Crippen LogP contribution in [0, 0.1) is 0 Å². The number of hydrogen-bond donors (Lipinski definition) is 0. The van der Waals surface area contributed by atoms with Crippen molar-refractivity contribution in [3.8, 4) is 0 Å². The van der Waals surface area contributed by atoms with E-state index in [1.165, 1.54) is 0 Å². The molecule has 0 aliphatic carbocycles. The minimum Gasteiger partial charge on any atom is -0.495 e. The van der Waals surface area contributed by atoms with Crippen molar-refractivity contribution in [2.75, 3.05) is 0 Å². The van der Waals surface area contributed by atoms with Crippen molar-refractivity contribution in [1.29, 1.82) is 0 Å². The summed E-state index contributed by atoms with van der Waals surface area (Å²) in [6.45, 7) is 5.40. The number of allylic oxidation sites excluding steroid dienone is 1. The molecule has 10 heavy (non-hydrogen) atoms. The van der Waals surface area contributed by atoms with Gasteiger partial charge in [-0.05, 0) is 20.8 Å². The molecular weight excluding hydrogens is 128 g/mol. The van der Waals surface area contributed by atoms with Crippen LogP contribution < -0.4 is 0 Å². The molecule has 1 rings (SSSR count). The normalized spacial score (nSPS) is 24.9. The SMILES string of the molecule is CC(=O)C1=C(C)OC(C)C1. The lowest BCUT2D eigenvalue weighted by Crippen LogP contribution is -1.99. The number of hydrogen-bond acceptors (Lipinski definition) is 2. The zero-order valence-electron chi connectivity index (χ0n) is 6.60. The minimum atomic E-state index is 0.141. The fourth-order valence-corrected chi connectivity index (χ4v) is 1.24. The summed E-state index contributed by atoms with van der Waals surface area (Å²) in [7, 11) is 0. The second-order valence-electron chi connectivity index (χ2n) is 2.72. The van der Waals surface area contributed by atoms with Gasteiger partial charge in [0.2, 0.25) is 0 Å². The van der Waals surface area contributed by atoms with Crippen molar-refractivity contribution in [3.05, 3.63) is 11.3 Å². The highest BCUT2D eigenvalue weighted by Gasteiger charge is 2.21. The molecule has 1 aliphatic rings. The summed E-state index contributed by atoms with van der Waals surface area (Å²) >= 11 is 0. The predicted molar refractivity (Wildman–Crippen MR) is 38.5 cm³/mol. The monoisotopic (exact) mass is 140 g/mol. The Labute approximate surface area is 60.9 Å². The van der Waals surface area contributed by atoms with Crippen LogP contribution in [0.3, 0.4) is 0 Å². The second-order valence-corrected chi connectivity index (χ2v) is 2.72. The first-order valence-electron chi connectivity index (χ1n) is 3.48. The zero-order valence-corrected chi connectivity index (χ0v) is 6.60. The molecule has 0 saturated carbocycles. The maximum absolute atomic E-state index is 10.9. The van der Waals surface area contributed by atoms with Gasteiger partial charge in [0.1, 0.15) is 5.76 Å². The molecule has 1 unspecified atom stereocenters. The molecule has 1 heterocycles. The Hall–Kier alpha value is -0.790. The third kappa shape index (κ3) is 1.20. The highest BCUT2D eigenvalue weighted by molar-refractivity contribution is 5.94. The smallest absolute Gasteiger partial charge is 0.159 e. The molecule has 0 saturated heterocycles. The van der Waals surface area contributed by atoms with Crippen LogP contribution >= 0.6 is 0 Å². The molecule has 0 aromatic rings. The average molecular weight is 140 g/mol. The van der Waals surface area contributed by atoms with Crippen LogP contribution in [0.2, 0.25) is 0 Å². The van der Waals surface area contributed by atoms with E-state index in [1.807, 2.05) is 13.8 Å². The van der Waals surface area contributed by atoms with Crippen LogP contribution in [0.1, 0.15) is 27.2 Å². The van der Waals surface area contributed by atoms with E-state index in [4.69, 9.17) is 4.74 Å². The van der Waals surface area contributed by atoms with Crippen molar-refractivity contribution in [3.63, 3.8) is 0 Å². The fraction of sp³-hybridized carbons (Fsp3) is 0.625. The van der Waals surface area contributed by atoms with Crippen molar-refractivity contribution in [2.45, 2.75) is 33.3 Å². The molecule has 1 aliphatic heterocycles. The first-order chi connectivity index (χ1) is 4.61. The van der Waals surface area contributed by atoms with Gasteiger partial charge in [-0.3, -0.25) is 4.79 Å². The first-order valence-corrected chi connectivity index (χ1v) is 3.48. The zero-order chi connectivity index (χ0) is 7.72. The van der Waals surface area contributed by atoms with E-state index in [0.29, 0.717) is 0 Å². The molecule has 2 nitrogen and oxygen atoms in total. The maximum atomic E-state index is 10.9. The molecule has 1 atom stereocenters. The molecule has 0 aromatic heterocycles. The molecule has 0 radical (unpaired) electrons. The number of rotatable bonds is 1. The lowest BCUT2D eigenvalue weighted by molar-refractivity contribution is -0.113. The lowest BCUT2D eigenvalue weighted by Gasteiger charge is -2.01. The van der Waals surface area contributed by atoms with Gasteiger partial charge in [0.05, 0.1) is 6.10 Å². The van der Waals surface area contributed by atoms with Crippen LogP contribution in [0.25, 0.3) is 0 Å². The van der Waals surface area contributed by atoms with Crippen LogP contribution in [0.5, 0.6) is 0 Å². The van der Waals surface area contributed by atoms with Crippen molar-refractivity contribution >= 4 is 5.78 Å². The van der Waals surface area contributed by atoms with Gasteiger partial charge in [0.15, 0.2) is 5.78 Å². The third-order valence-electron chi connectivity index (χ3n) is 1.72. The Kier molecular flexibility index (Phi) is 1.79. The quantitative estimate of drug-likeness (QED) is 0.553. The highest BCUT2D eigenvalue weighted by atomic mass is 16.5. The Balaban J connectivity index is 2.76. The summed E-state index contributed by atoms with van der Waals surface area (Å²) in [4.78, 5) is 10.9. The van der Waals surface area contributed by atoms with Crippen molar-refractivity contribution < 1.29 is 9.53 Å². The van der Waals surface area contributed by atoms with E-state index in [-0.39, 0.29) is 11.9 Å². The van der Waals surface area contributed by atoms with Gasteiger partial charge in [-0.2, -0.15) is 0 Å². The lowest BCUT2D eigenvalue weighted by atomic mass is 10.1. The van der Waals surface area contributed by atoms with Gasteiger partial charge in [0.25, 0.3) is 0 Å². The predicted octanol–water partition coefficient (Wildman–Crippen LogP) is 1.66. The largest absolute Gasteiger partial charge is 0.495 e. The summed E-state index contributed by atoms with van der Waals surface area (Å²) < 4.78 is 5.29. The number of Topliss-reactive ketones (excluding diaryl/α,β-unsaturated/α-hetero) is 1. The van der Waals surface area contributed by atoms with Gasteiger partial charge in [-0.1, -0.05) is 0 Å². The van der Waals surface area contributed by atoms with Gasteiger partial charge >= 0.3 is 0 Å². The van der Waals surface area contributed by atoms with E-state index >= 15 is 0 Å². The third-order valence-corrected chi connectivity index (χ3v) is 1.72. The number of carbonyl (C=O) groups is 1. The summed E-state index contributed by atoms with van der Waals surface area (Å²) in [6, 6.07) is 0. The van der Waals surface area contributed by atoms with E-state index in [9.17, 15) is 4.79 Å². The van der Waals surface area contributed by atoms with E-state index in [1.54, 1.807) is 6.92 Å². The maximum Gasteiger partial charge on any atom is 0.159 e. The summed E-state index contributed by atoms with van der Waals surface area (Å²) in [5, 5.41) is 0. The molecule has 56 valence electrons. The average Bonchev–Trinajstić information content (AvgIpc) is 2.10. The Morgan fingerprint density at radius 3 is 2.50 bits per heavy atom. The first kappa shape index (κ1) is 7.32. The Morgan fingerprint density at radius 2 is 2.30 bits per heavy atom. The van der Waals surface area contributed by atoms with Crippen LogP contribution in [0.15, 0.2) is 11.3 Å². The topological polar surface area (TPSA) is 26.3 Å².